The second-order valence-corrected chi connectivity index (χ2v) is 6.78. The maximum atomic E-state index is 12.8. The summed E-state index contributed by atoms with van der Waals surface area (Å²) >= 11 is 0. The summed E-state index contributed by atoms with van der Waals surface area (Å²) in [7, 11) is 0. The van der Waals surface area contributed by atoms with E-state index in [4.69, 9.17) is 0 Å². The average Bonchev–Trinajstić information content (AvgIpc) is 3.04. The van der Waals surface area contributed by atoms with Crippen LogP contribution < -0.4 is 5.32 Å². The summed E-state index contributed by atoms with van der Waals surface area (Å²) < 4.78 is 0. The van der Waals surface area contributed by atoms with Gasteiger partial charge in [0, 0.05) is 13.1 Å². The van der Waals surface area contributed by atoms with Gasteiger partial charge in [-0.1, -0.05) is 6.92 Å². The van der Waals surface area contributed by atoms with Gasteiger partial charge in [-0.15, -0.1) is 0 Å². The Morgan fingerprint density at radius 3 is 2.45 bits per heavy atom. The van der Waals surface area contributed by atoms with Crippen molar-refractivity contribution in [2.45, 2.75) is 45.1 Å². The van der Waals surface area contributed by atoms with E-state index in [9.17, 15) is 4.79 Å². The van der Waals surface area contributed by atoms with E-state index in [1.54, 1.807) is 0 Å². The van der Waals surface area contributed by atoms with Crippen molar-refractivity contribution in [3.8, 4) is 0 Å². The first-order valence-electron chi connectivity index (χ1n) is 8.53. The first kappa shape index (κ1) is 14.3. The molecule has 0 spiro atoms. The van der Waals surface area contributed by atoms with Crippen LogP contribution in [0.5, 0.6) is 0 Å². The molecule has 114 valence electrons. The summed E-state index contributed by atoms with van der Waals surface area (Å²) in [4.78, 5) is 17.4. The van der Waals surface area contributed by atoms with Gasteiger partial charge in [-0.05, 0) is 70.1 Å². The summed E-state index contributed by atoms with van der Waals surface area (Å²) in [5.41, 5.74) is 0. The van der Waals surface area contributed by atoms with Crippen LogP contribution in [-0.2, 0) is 4.79 Å². The molecule has 3 heterocycles. The van der Waals surface area contributed by atoms with Crippen LogP contribution in [0.2, 0.25) is 0 Å². The highest BCUT2D eigenvalue weighted by Crippen LogP contribution is 2.28. The van der Waals surface area contributed by atoms with Gasteiger partial charge >= 0.3 is 0 Å². The second-order valence-electron chi connectivity index (χ2n) is 6.78. The molecule has 3 aliphatic heterocycles. The molecule has 0 radical (unpaired) electrons. The maximum Gasteiger partial charge on any atom is 0.239 e. The predicted molar refractivity (Wildman–Crippen MR) is 80.5 cm³/mol. The van der Waals surface area contributed by atoms with Gasteiger partial charge in [0.2, 0.25) is 5.91 Å². The van der Waals surface area contributed by atoms with Crippen LogP contribution in [0, 0.1) is 11.8 Å². The smallest absolute Gasteiger partial charge is 0.239 e. The van der Waals surface area contributed by atoms with Gasteiger partial charge in [0.15, 0.2) is 0 Å². The minimum absolute atomic E-state index is 0.186. The molecule has 0 aliphatic carbocycles. The van der Waals surface area contributed by atoms with E-state index in [0.717, 1.165) is 63.9 Å². The summed E-state index contributed by atoms with van der Waals surface area (Å²) in [5, 5.41) is 3.50. The first-order chi connectivity index (χ1) is 9.79. The summed E-state index contributed by atoms with van der Waals surface area (Å²) in [6.45, 7) is 8.71. The molecule has 20 heavy (non-hydrogen) atoms. The zero-order chi connectivity index (χ0) is 13.9. The van der Waals surface area contributed by atoms with E-state index in [0.29, 0.717) is 5.91 Å². The number of hydrogen-bond donors (Lipinski definition) is 1. The Labute approximate surface area is 122 Å². The van der Waals surface area contributed by atoms with E-state index in [1.165, 1.54) is 19.3 Å². The molecule has 3 saturated heterocycles. The number of hydrogen-bond acceptors (Lipinski definition) is 3. The largest absolute Gasteiger partial charge is 0.341 e. The van der Waals surface area contributed by atoms with Crippen molar-refractivity contribution in [1.82, 2.24) is 15.1 Å². The molecule has 0 bridgehead atoms. The Kier molecular flexibility index (Phi) is 4.61. The van der Waals surface area contributed by atoms with Crippen LogP contribution in [-0.4, -0.2) is 61.0 Å². The predicted octanol–water partition coefficient (Wildman–Crippen LogP) is 1.32. The third-order valence-electron chi connectivity index (χ3n) is 5.49. The average molecular weight is 279 g/mol. The third kappa shape index (κ3) is 2.86. The molecule has 3 fully saturated rings. The topological polar surface area (TPSA) is 35.6 Å². The molecule has 3 rings (SSSR count). The molecule has 4 nitrogen and oxygen atoms in total. The Hall–Kier alpha value is -0.610. The van der Waals surface area contributed by atoms with Crippen molar-refractivity contribution in [2.75, 3.05) is 39.3 Å². The van der Waals surface area contributed by atoms with E-state index < -0.39 is 0 Å². The van der Waals surface area contributed by atoms with E-state index in [1.807, 2.05) is 0 Å². The van der Waals surface area contributed by atoms with Crippen molar-refractivity contribution >= 4 is 5.91 Å². The fourth-order valence-electron chi connectivity index (χ4n) is 4.31. The normalized spacial score (nSPS) is 35.0. The van der Waals surface area contributed by atoms with Gasteiger partial charge in [-0.3, -0.25) is 9.69 Å². The molecule has 0 aromatic carbocycles. The van der Waals surface area contributed by atoms with Gasteiger partial charge in [0.1, 0.15) is 0 Å². The van der Waals surface area contributed by atoms with Crippen molar-refractivity contribution in [3.63, 3.8) is 0 Å². The molecular weight excluding hydrogens is 250 g/mol. The highest BCUT2D eigenvalue weighted by Gasteiger charge is 2.36. The molecule has 1 amide bonds. The number of nitrogens with one attached hydrogen (secondary N) is 1. The van der Waals surface area contributed by atoms with Gasteiger partial charge in [0.05, 0.1) is 6.04 Å². The lowest BCUT2D eigenvalue weighted by atomic mass is 9.92. The number of carbonyl (C=O) groups excluding carboxylic acids is 1. The lowest BCUT2D eigenvalue weighted by molar-refractivity contribution is -0.136. The molecule has 1 unspecified atom stereocenters. The number of carbonyl (C=O) groups is 1. The van der Waals surface area contributed by atoms with Gasteiger partial charge in [0.25, 0.3) is 0 Å². The maximum absolute atomic E-state index is 12.8. The Balaban J connectivity index is 1.59. The third-order valence-corrected chi connectivity index (χ3v) is 5.49. The van der Waals surface area contributed by atoms with Crippen molar-refractivity contribution in [3.05, 3.63) is 0 Å². The van der Waals surface area contributed by atoms with Crippen LogP contribution in [0.1, 0.15) is 39.0 Å². The molecular formula is C16H29N3O. The van der Waals surface area contributed by atoms with E-state index in [2.05, 4.69) is 22.0 Å². The highest BCUT2D eigenvalue weighted by molar-refractivity contribution is 5.82. The van der Waals surface area contributed by atoms with Crippen molar-refractivity contribution in [2.24, 2.45) is 11.8 Å². The second kappa shape index (κ2) is 6.44. The Morgan fingerprint density at radius 2 is 1.80 bits per heavy atom. The minimum atomic E-state index is 0.186. The van der Waals surface area contributed by atoms with E-state index >= 15 is 0 Å². The molecule has 0 saturated carbocycles. The van der Waals surface area contributed by atoms with Crippen molar-refractivity contribution in [1.29, 1.82) is 0 Å². The fourth-order valence-corrected chi connectivity index (χ4v) is 4.31. The van der Waals surface area contributed by atoms with Gasteiger partial charge < -0.3 is 10.2 Å². The van der Waals surface area contributed by atoms with Crippen LogP contribution in [0.3, 0.4) is 0 Å². The number of amides is 1. The van der Waals surface area contributed by atoms with E-state index in [-0.39, 0.29) is 6.04 Å². The number of likely N-dealkylation sites (tertiary alicyclic amines) is 2. The fraction of sp³-hybridized carbons (Fsp3) is 0.938. The highest BCUT2D eigenvalue weighted by atomic mass is 16.2. The zero-order valence-corrected chi connectivity index (χ0v) is 12.8. The Morgan fingerprint density at radius 1 is 1.10 bits per heavy atom. The zero-order valence-electron chi connectivity index (χ0n) is 12.8. The quantitative estimate of drug-likeness (QED) is 0.846. The summed E-state index contributed by atoms with van der Waals surface area (Å²) in [6.07, 6.45) is 5.82. The van der Waals surface area contributed by atoms with Crippen LogP contribution in [0.25, 0.3) is 0 Å². The summed E-state index contributed by atoms with van der Waals surface area (Å²) in [6, 6.07) is 0.186. The minimum Gasteiger partial charge on any atom is -0.341 e. The number of rotatable bonds is 3. The lowest BCUT2D eigenvalue weighted by Crippen LogP contribution is -2.46. The molecule has 3 atom stereocenters. The first-order valence-corrected chi connectivity index (χ1v) is 8.53. The molecule has 0 aromatic heterocycles. The lowest BCUT2D eigenvalue weighted by Gasteiger charge is -2.29. The summed E-state index contributed by atoms with van der Waals surface area (Å²) in [5.74, 6) is 2.04. The van der Waals surface area contributed by atoms with Crippen molar-refractivity contribution < 1.29 is 4.79 Å². The SMILES string of the molecule is CCCN1CCCC1C(=O)N1CC[C@@H]2CNC[C@@H]2CC1. The molecule has 3 aliphatic rings. The Bertz CT molecular complexity index is 333. The van der Waals surface area contributed by atoms with Crippen LogP contribution in [0.15, 0.2) is 0 Å². The standard InChI is InChI=1S/C16H29N3O/c1-2-7-18-8-3-4-15(18)16(20)19-9-5-13-11-17-12-14(13)6-10-19/h13-15,17H,2-12H2,1H3/t13-,14+,15?. The van der Waals surface area contributed by atoms with Gasteiger partial charge in [-0.2, -0.15) is 0 Å². The molecule has 1 N–H and O–H groups in total. The molecule has 0 aromatic rings. The number of nitrogens with zero attached hydrogens (tertiary/aromatic N) is 2. The van der Waals surface area contributed by atoms with Crippen LogP contribution in [0.4, 0.5) is 0 Å². The van der Waals surface area contributed by atoms with Crippen LogP contribution >= 0.6 is 0 Å². The van der Waals surface area contributed by atoms with Gasteiger partial charge in [-0.25, -0.2) is 0 Å². The monoisotopic (exact) mass is 279 g/mol. The molecule has 4 heteroatoms. The number of fused-ring (bicyclic) bond motifs is 1.